The molecule has 1 N–H and O–H groups in total. The van der Waals surface area contributed by atoms with Crippen LogP contribution in [0.1, 0.15) is 52.7 Å². The number of fused-ring (bicyclic) bond motifs is 1. The molecule has 6 heteroatoms. The minimum absolute atomic E-state index is 0. The second kappa shape index (κ2) is 14.6. The van der Waals surface area contributed by atoms with Gasteiger partial charge in [-0.15, -0.1) is 35.9 Å². The summed E-state index contributed by atoms with van der Waals surface area (Å²) < 4.78 is 2.30. The first-order valence-electron chi connectivity index (χ1n) is 13.0. The Balaban J connectivity index is 0.000000592. The van der Waals surface area contributed by atoms with E-state index in [1.54, 1.807) is 0 Å². The van der Waals surface area contributed by atoms with Crippen molar-refractivity contribution >= 4 is 22.5 Å². The Hall–Kier alpha value is -3.52. The van der Waals surface area contributed by atoms with Gasteiger partial charge in [-0.2, -0.15) is 0 Å². The molecule has 3 aromatic carbocycles. The summed E-state index contributed by atoms with van der Waals surface area (Å²) in [5.41, 5.74) is 7.33. The number of allylic oxidation sites excluding steroid dienone is 2. The predicted molar refractivity (Wildman–Crippen MR) is 156 cm³/mol. The van der Waals surface area contributed by atoms with Gasteiger partial charge in [-0.1, -0.05) is 52.0 Å². The minimum atomic E-state index is -0.125. The first-order valence-corrected chi connectivity index (χ1v) is 13.0. The maximum Gasteiger partial charge on any atom is 0.187 e. The number of hydrogen-bond acceptors (Lipinski definition) is 3. The van der Waals surface area contributed by atoms with Crippen LogP contribution in [-0.2, 0) is 37.7 Å². The largest absolute Gasteiger partial charge is 0.512 e. The summed E-state index contributed by atoms with van der Waals surface area (Å²) in [6.07, 6.45) is 2.99. The number of aromatic nitrogens is 2. The van der Waals surface area contributed by atoms with E-state index in [-0.39, 0.29) is 31.6 Å². The number of aliphatic hydroxyl groups is 1. The maximum absolute atomic E-state index is 10.0. The Bertz CT molecular complexity index is 1440. The molecular weight excluding hydrogens is 663 g/mol. The molecule has 0 unspecified atom stereocenters. The summed E-state index contributed by atoms with van der Waals surface area (Å²) in [6, 6.07) is 23.8. The van der Waals surface area contributed by atoms with Crippen molar-refractivity contribution in [3.63, 3.8) is 0 Å². The fraction of sp³-hybridized carbons (Fsp3) is 0.303. The van der Waals surface area contributed by atoms with Crippen molar-refractivity contribution in [2.75, 3.05) is 0 Å². The molecule has 4 rings (SSSR count). The van der Waals surface area contributed by atoms with Gasteiger partial charge < -0.3 is 9.67 Å². The van der Waals surface area contributed by atoms with Crippen LogP contribution < -0.4 is 0 Å². The van der Waals surface area contributed by atoms with Crippen molar-refractivity contribution < 1.29 is 30.0 Å². The molecule has 39 heavy (non-hydrogen) atoms. The van der Waals surface area contributed by atoms with Gasteiger partial charge in [0, 0.05) is 31.9 Å². The number of para-hydroxylation sites is 2. The van der Waals surface area contributed by atoms with Gasteiger partial charge >= 0.3 is 0 Å². The van der Waals surface area contributed by atoms with E-state index in [1.165, 1.54) is 36.7 Å². The van der Waals surface area contributed by atoms with Crippen molar-refractivity contribution in [3.8, 4) is 17.1 Å². The summed E-state index contributed by atoms with van der Waals surface area (Å²) in [7, 11) is 0. The van der Waals surface area contributed by atoms with E-state index >= 15 is 0 Å². The van der Waals surface area contributed by atoms with Crippen LogP contribution in [0.3, 0.4) is 0 Å². The molecule has 4 aromatic rings. The molecule has 5 nitrogen and oxygen atoms in total. The molecular formula is C33H36IrN3O2-. The van der Waals surface area contributed by atoms with Crippen molar-refractivity contribution in [2.24, 2.45) is 11.8 Å². The summed E-state index contributed by atoms with van der Waals surface area (Å²) >= 11 is 0. The Morgan fingerprint density at radius 3 is 2.08 bits per heavy atom. The monoisotopic (exact) mass is 699 g/mol. The Labute approximate surface area is 245 Å². The molecule has 0 spiro atoms. The van der Waals surface area contributed by atoms with Crippen molar-refractivity contribution in [1.29, 1.82) is 0 Å². The van der Waals surface area contributed by atoms with Crippen molar-refractivity contribution in [1.82, 2.24) is 9.55 Å². The first-order chi connectivity index (χ1) is 18.1. The fourth-order valence-corrected chi connectivity index (χ4v) is 4.54. The molecule has 0 aliphatic rings. The van der Waals surface area contributed by atoms with Crippen molar-refractivity contribution in [3.05, 3.63) is 101 Å². The zero-order valence-corrected chi connectivity index (χ0v) is 25.8. The fourth-order valence-electron chi connectivity index (χ4n) is 4.54. The average Bonchev–Trinajstić information content (AvgIpc) is 3.22. The third-order valence-corrected chi connectivity index (χ3v) is 5.78. The second-order valence-corrected chi connectivity index (χ2v) is 10.4. The van der Waals surface area contributed by atoms with Crippen LogP contribution >= 0.6 is 0 Å². The molecule has 0 bridgehead atoms. The molecule has 1 heterocycles. The van der Waals surface area contributed by atoms with Crippen LogP contribution in [0.25, 0.3) is 33.0 Å². The van der Waals surface area contributed by atoms with Gasteiger partial charge in [-0.3, -0.25) is 9.78 Å². The third-order valence-electron chi connectivity index (χ3n) is 5.78. The topological polar surface area (TPSA) is 59.5 Å². The Kier molecular flexibility index (Phi) is 11.9. The van der Waals surface area contributed by atoms with Gasteiger partial charge in [0.25, 0.3) is 0 Å². The van der Waals surface area contributed by atoms with Crippen LogP contribution in [0.5, 0.6) is 0 Å². The predicted octanol–water partition coefficient (Wildman–Crippen LogP) is 8.48. The van der Waals surface area contributed by atoms with Gasteiger partial charge in [0.2, 0.25) is 0 Å². The SMILES string of the molecule is CC(=O)/C=C(/C)O.[C-]#[N+]c1cc(CC(C)C)c(-n2c(-c3[c-]cccc3)nc3ccccc32)c(CC(C)C)c1.[Ir]. The number of imidazole rings is 1. The molecule has 0 aliphatic carbocycles. The van der Waals surface area contributed by atoms with E-state index in [1.807, 2.05) is 24.3 Å². The van der Waals surface area contributed by atoms with E-state index < -0.39 is 0 Å². The summed E-state index contributed by atoms with van der Waals surface area (Å²) in [5, 5.41) is 8.36. The molecule has 1 radical (unpaired) electrons. The van der Waals surface area contributed by atoms with Crippen LogP contribution in [0.4, 0.5) is 5.69 Å². The minimum Gasteiger partial charge on any atom is -0.512 e. The number of rotatable bonds is 7. The number of ketones is 1. The number of benzene rings is 3. The molecule has 0 atom stereocenters. The van der Waals surface area contributed by atoms with Gasteiger partial charge in [0.15, 0.2) is 11.5 Å². The van der Waals surface area contributed by atoms with E-state index in [0.717, 1.165) is 35.3 Å². The van der Waals surface area contributed by atoms with Gasteiger partial charge in [-0.05, 0) is 61.8 Å². The molecule has 0 saturated carbocycles. The van der Waals surface area contributed by atoms with Gasteiger partial charge in [0.1, 0.15) is 0 Å². The number of aliphatic hydroxyl groups excluding tert-OH is 1. The van der Waals surface area contributed by atoms with Gasteiger partial charge in [0.05, 0.1) is 29.2 Å². The average molecular weight is 699 g/mol. The number of carbonyl (C=O) groups is 1. The van der Waals surface area contributed by atoms with Crippen LogP contribution in [-0.4, -0.2) is 20.4 Å². The molecule has 0 saturated heterocycles. The molecule has 1 aromatic heterocycles. The van der Waals surface area contributed by atoms with E-state index in [9.17, 15) is 4.79 Å². The maximum atomic E-state index is 10.0. The van der Waals surface area contributed by atoms with Crippen LogP contribution in [0.2, 0.25) is 0 Å². The first kappa shape index (κ1) is 31.7. The zero-order chi connectivity index (χ0) is 27.8. The van der Waals surface area contributed by atoms with Crippen LogP contribution in [0, 0.1) is 24.5 Å². The summed E-state index contributed by atoms with van der Waals surface area (Å²) in [4.78, 5) is 18.8. The molecule has 205 valence electrons. The zero-order valence-electron chi connectivity index (χ0n) is 23.5. The van der Waals surface area contributed by atoms with E-state index in [2.05, 4.69) is 79.6 Å². The molecule has 0 amide bonds. The summed E-state index contributed by atoms with van der Waals surface area (Å²) in [6.45, 7) is 19.4. The summed E-state index contributed by atoms with van der Waals surface area (Å²) in [5.74, 6) is 1.79. The Morgan fingerprint density at radius 2 is 1.62 bits per heavy atom. The van der Waals surface area contributed by atoms with Crippen LogP contribution in [0.15, 0.2) is 72.5 Å². The third kappa shape index (κ3) is 8.48. The number of hydrogen-bond donors (Lipinski definition) is 1. The van der Waals surface area contributed by atoms with E-state index in [0.29, 0.717) is 17.5 Å². The van der Waals surface area contributed by atoms with Gasteiger partial charge in [-0.25, -0.2) is 4.85 Å². The van der Waals surface area contributed by atoms with E-state index in [4.69, 9.17) is 16.7 Å². The Morgan fingerprint density at radius 1 is 1.03 bits per heavy atom. The quantitative estimate of drug-likeness (QED) is 0.120. The molecule has 0 fully saturated rings. The smallest absolute Gasteiger partial charge is 0.187 e. The second-order valence-electron chi connectivity index (χ2n) is 10.4. The molecule has 0 aliphatic heterocycles. The van der Waals surface area contributed by atoms with Crippen molar-refractivity contribution in [2.45, 2.75) is 54.4 Å². The number of nitrogens with zero attached hydrogens (tertiary/aromatic N) is 3. The standard InChI is InChI=1S/C28H28N3.C5H8O2.Ir/c1-19(2)15-22-17-24(29-5)18-23(16-20(3)4)27(22)31-26-14-10-9-13-25(26)30-28(31)21-11-7-6-8-12-21;1-4(6)3-5(2)7;/h6-11,13-14,17-20H,15-16H2,1-4H3;3,6H,1-2H3;/q-1;;/b;4-3-;. The normalized spacial score (nSPS) is 11.1. The number of carbonyl (C=O) groups excluding carboxylic acids is 1.